The van der Waals surface area contributed by atoms with Gasteiger partial charge in [-0.15, -0.1) is 0 Å². The van der Waals surface area contributed by atoms with Gasteiger partial charge < -0.3 is 24.7 Å². The molecule has 5 rings (SSSR count). The van der Waals surface area contributed by atoms with Crippen LogP contribution in [0.15, 0.2) is 76.3 Å². The molecule has 0 spiro atoms. The van der Waals surface area contributed by atoms with Crippen LogP contribution in [0, 0.1) is 6.92 Å². The van der Waals surface area contributed by atoms with E-state index >= 15 is 0 Å². The number of allylic oxidation sites excluding steroid dienone is 4. The Morgan fingerprint density at radius 1 is 1.05 bits per heavy atom. The lowest BCUT2D eigenvalue weighted by Crippen LogP contribution is -2.41. The first kappa shape index (κ1) is 27.0. The third-order valence-electron chi connectivity index (χ3n) is 7.91. The third-order valence-corrected chi connectivity index (χ3v) is 7.91. The van der Waals surface area contributed by atoms with E-state index in [0.717, 1.165) is 12.2 Å². The summed E-state index contributed by atoms with van der Waals surface area (Å²) in [6.07, 6.45) is 4.32. The van der Waals surface area contributed by atoms with Crippen LogP contribution in [0.5, 0.6) is 17.2 Å². The van der Waals surface area contributed by atoms with Gasteiger partial charge in [0.25, 0.3) is 0 Å². The summed E-state index contributed by atoms with van der Waals surface area (Å²) in [6, 6.07) is 13.9. The van der Waals surface area contributed by atoms with Gasteiger partial charge >= 0.3 is 0 Å². The van der Waals surface area contributed by atoms with Crippen LogP contribution >= 0.6 is 0 Å². The Morgan fingerprint density at radius 2 is 1.77 bits per heavy atom. The van der Waals surface area contributed by atoms with Crippen LogP contribution in [0.3, 0.4) is 0 Å². The maximum absolute atomic E-state index is 14.0. The average molecular weight is 542 g/mol. The van der Waals surface area contributed by atoms with E-state index in [1.807, 2.05) is 30.3 Å². The zero-order valence-electron chi connectivity index (χ0n) is 22.8. The number of carbonyl (C=O) groups is 3. The van der Waals surface area contributed by atoms with Gasteiger partial charge in [0.15, 0.2) is 17.3 Å². The lowest BCUT2D eigenvalue weighted by Gasteiger charge is -2.29. The highest BCUT2D eigenvalue weighted by Gasteiger charge is 2.56. The molecule has 1 aromatic heterocycles. The monoisotopic (exact) mass is 541 g/mol. The summed E-state index contributed by atoms with van der Waals surface area (Å²) < 4.78 is 11.5. The van der Waals surface area contributed by atoms with Crippen LogP contribution in [0.4, 0.5) is 0 Å². The first-order valence-electron chi connectivity index (χ1n) is 13.2. The smallest absolute Gasteiger partial charge is 0.194 e. The van der Waals surface area contributed by atoms with Crippen molar-refractivity contribution in [3.05, 3.63) is 99.8 Å². The number of ether oxygens (including phenoxy) is 1. The Morgan fingerprint density at radius 3 is 2.42 bits per heavy atom. The molecule has 8 nitrogen and oxygen atoms in total. The van der Waals surface area contributed by atoms with Crippen molar-refractivity contribution in [2.45, 2.75) is 51.9 Å². The molecule has 1 aliphatic heterocycles. The lowest BCUT2D eigenvalue weighted by atomic mass is 9.70. The number of phenols is 2. The second kappa shape index (κ2) is 10.2. The maximum Gasteiger partial charge on any atom is 0.194 e. The minimum Gasteiger partial charge on any atom is -0.507 e. The summed E-state index contributed by atoms with van der Waals surface area (Å²) in [5.74, 6) is -1.50. The van der Waals surface area contributed by atoms with E-state index in [4.69, 9.17) is 9.15 Å². The summed E-state index contributed by atoms with van der Waals surface area (Å²) in [6.45, 7) is 6.41. The van der Waals surface area contributed by atoms with Crippen LogP contribution in [0.2, 0.25) is 0 Å². The van der Waals surface area contributed by atoms with Gasteiger partial charge in [-0.1, -0.05) is 30.3 Å². The summed E-state index contributed by atoms with van der Waals surface area (Å²) >= 11 is 0. The normalized spacial score (nSPS) is 19.9. The van der Waals surface area contributed by atoms with Gasteiger partial charge in [0.2, 0.25) is 0 Å². The topological polar surface area (TPSA) is 126 Å². The Balaban J connectivity index is 1.44. The fraction of sp³-hybridized carbons (Fsp3) is 0.281. The van der Waals surface area contributed by atoms with Gasteiger partial charge in [-0.3, -0.25) is 14.4 Å². The Hall–Kier alpha value is -4.59. The van der Waals surface area contributed by atoms with E-state index in [1.54, 1.807) is 20.1 Å². The first-order valence-corrected chi connectivity index (χ1v) is 13.2. The molecule has 8 heteroatoms. The first-order chi connectivity index (χ1) is 19.1. The highest BCUT2D eigenvalue weighted by molar-refractivity contribution is 6.31. The van der Waals surface area contributed by atoms with Gasteiger partial charge in [-0.05, 0) is 58.2 Å². The van der Waals surface area contributed by atoms with Gasteiger partial charge in [-0.25, -0.2) is 0 Å². The van der Waals surface area contributed by atoms with Crippen molar-refractivity contribution in [3.63, 3.8) is 0 Å². The average Bonchev–Trinajstić information content (AvgIpc) is 3.55. The number of rotatable bonds is 8. The van der Waals surface area contributed by atoms with Gasteiger partial charge in [-0.2, -0.15) is 0 Å². The molecule has 206 valence electrons. The number of aromatic hydroxyl groups is 2. The van der Waals surface area contributed by atoms with Crippen molar-refractivity contribution in [1.82, 2.24) is 5.32 Å². The molecular weight excluding hydrogens is 510 g/mol. The van der Waals surface area contributed by atoms with Crippen molar-refractivity contribution in [3.8, 4) is 17.2 Å². The molecule has 40 heavy (non-hydrogen) atoms. The van der Waals surface area contributed by atoms with Gasteiger partial charge in [0.1, 0.15) is 39.7 Å². The number of carbonyl (C=O) groups excluding carboxylic acids is 3. The number of benzene rings is 2. The quantitative estimate of drug-likeness (QED) is 0.203. The fourth-order valence-electron chi connectivity index (χ4n) is 5.65. The van der Waals surface area contributed by atoms with Crippen LogP contribution in [0.1, 0.15) is 65.9 Å². The summed E-state index contributed by atoms with van der Waals surface area (Å²) in [5.41, 5.74) is -0.0177. The number of hydrogen-bond donors (Lipinski definition) is 3. The maximum atomic E-state index is 14.0. The molecule has 2 aliphatic rings. The molecular formula is C32H31NO7. The van der Waals surface area contributed by atoms with Crippen molar-refractivity contribution in [2.24, 2.45) is 0 Å². The lowest BCUT2D eigenvalue weighted by molar-refractivity contribution is -0.123. The molecule has 2 heterocycles. The van der Waals surface area contributed by atoms with E-state index in [2.05, 4.69) is 17.4 Å². The molecule has 0 saturated heterocycles. The predicted molar refractivity (Wildman–Crippen MR) is 148 cm³/mol. The molecule has 3 N–H and O–H groups in total. The second-order valence-corrected chi connectivity index (χ2v) is 10.5. The van der Waals surface area contributed by atoms with Crippen LogP contribution < -0.4 is 10.1 Å². The molecule has 1 aliphatic carbocycles. The van der Waals surface area contributed by atoms with E-state index in [-0.39, 0.29) is 45.4 Å². The number of fused-ring (bicyclic) bond motifs is 3. The van der Waals surface area contributed by atoms with E-state index in [0.29, 0.717) is 18.7 Å². The SMILES string of the molecule is CC(=O)c1c(O)c(C)c(O)c2c1OC1=CC(=O)C(=C(C)NCCC(Cc3ccccc3)c3ccco3)C(=O)[C@@]12C. The number of phenolic OH excluding ortho intramolecular Hbond substituents is 2. The predicted octanol–water partition coefficient (Wildman–Crippen LogP) is 5.17. The van der Waals surface area contributed by atoms with Crippen LogP contribution in [-0.4, -0.2) is 34.1 Å². The third kappa shape index (κ3) is 4.29. The van der Waals surface area contributed by atoms with Crippen molar-refractivity contribution >= 4 is 17.3 Å². The molecule has 0 radical (unpaired) electrons. The standard InChI is InChI=1S/C32H31NO7/c1-17-28(36)26(19(3)34)30-27(29(17)37)32(4)24(40-30)16-22(35)25(31(32)38)18(2)33-13-12-21(23-11-8-14-39-23)15-20-9-6-5-7-10-20/h5-11,14,16,21,33,36-37H,12-13,15H2,1-4H3/t21?,32-/m0/s1. The molecule has 0 amide bonds. The highest BCUT2D eigenvalue weighted by Crippen LogP contribution is 2.57. The summed E-state index contributed by atoms with van der Waals surface area (Å²) in [7, 11) is 0. The number of Topliss-reactive ketones (excluding diaryl/α,β-unsaturated/α-hetero) is 2. The highest BCUT2D eigenvalue weighted by atomic mass is 16.5. The van der Waals surface area contributed by atoms with E-state index < -0.39 is 28.5 Å². The van der Waals surface area contributed by atoms with E-state index in [9.17, 15) is 24.6 Å². The molecule has 0 saturated carbocycles. The van der Waals surface area contributed by atoms with Crippen LogP contribution in [-0.2, 0) is 21.4 Å². The summed E-state index contributed by atoms with van der Waals surface area (Å²) in [4.78, 5) is 39.5. The van der Waals surface area contributed by atoms with Gasteiger partial charge in [0, 0.05) is 29.8 Å². The molecule has 2 aromatic carbocycles. The zero-order valence-corrected chi connectivity index (χ0v) is 22.8. The van der Waals surface area contributed by atoms with Gasteiger partial charge in [0.05, 0.1) is 17.4 Å². The molecule has 2 atom stereocenters. The molecule has 0 bridgehead atoms. The van der Waals surface area contributed by atoms with Crippen LogP contribution in [0.25, 0.3) is 0 Å². The summed E-state index contributed by atoms with van der Waals surface area (Å²) in [5, 5.41) is 24.8. The Kier molecular flexibility index (Phi) is 6.87. The van der Waals surface area contributed by atoms with E-state index in [1.165, 1.54) is 25.5 Å². The second-order valence-electron chi connectivity index (χ2n) is 10.5. The molecule has 0 fully saturated rings. The number of nitrogens with one attached hydrogen (secondary N) is 1. The van der Waals surface area contributed by atoms with Crippen molar-refractivity contribution in [1.29, 1.82) is 0 Å². The van der Waals surface area contributed by atoms with Crippen molar-refractivity contribution < 1.29 is 33.8 Å². The Labute approximate surface area is 232 Å². The molecule has 1 unspecified atom stereocenters. The molecule has 3 aromatic rings. The largest absolute Gasteiger partial charge is 0.507 e. The Bertz CT molecular complexity index is 1580. The zero-order chi connectivity index (χ0) is 28.8. The minimum absolute atomic E-state index is 0.0117. The number of ketones is 3. The van der Waals surface area contributed by atoms with Crippen molar-refractivity contribution in [2.75, 3.05) is 6.54 Å². The fourth-order valence-corrected chi connectivity index (χ4v) is 5.65. The minimum atomic E-state index is -1.54. The number of hydrogen-bond acceptors (Lipinski definition) is 8. The number of furan rings is 1.